The normalized spacial score (nSPS) is 20.8. The molecule has 164 valence electrons. The van der Waals surface area contributed by atoms with E-state index in [0.717, 1.165) is 25.7 Å². The molecule has 2 aliphatic rings. The predicted molar refractivity (Wildman–Crippen MR) is 115 cm³/mol. The van der Waals surface area contributed by atoms with Gasteiger partial charge in [-0.25, -0.2) is 8.42 Å². The van der Waals surface area contributed by atoms with Crippen molar-refractivity contribution in [2.45, 2.75) is 55.8 Å². The molecule has 2 saturated carbocycles. The maximum absolute atomic E-state index is 13.3. The second-order valence-corrected chi connectivity index (χ2v) is 10.4. The molecular formula is C22H23ClN2O5S. The number of ether oxygens (including phenoxy) is 1. The lowest BCUT2D eigenvalue weighted by Gasteiger charge is -2.33. The Morgan fingerprint density at radius 3 is 2.52 bits per heavy atom. The van der Waals surface area contributed by atoms with E-state index in [0.29, 0.717) is 11.5 Å². The lowest BCUT2D eigenvalue weighted by molar-refractivity contribution is -0.0426. The molecule has 0 saturated heterocycles. The van der Waals surface area contributed by atoms with Gasteiger partial charge >= 0.3 is 0 Å². The molecule has 0 aliphatic heterocycles. The van der Waals surface area contributed by atoms with Crippen molar-refractivity contribution >= 4 is 27.3 Å². The minimum atomic E-state index is -4.11. The maximum atomic E-state index is 13.3. The highest BCUT2D eigenvalue weighted by Crippen LogP contribution is 2.44. The number of halogens is 1. The molecule has 2 aromatic carbocycles. The standard InChI is InChI=1S/C22H23ClN2O5S/c1-12-6-16(7-12)30-20-10-18(23)15(11-24)8-19(20)25-31(28,29)21-9-14(22(26)27)4-5-17(21)13-2-3-13/h4-5,8-10,12-13,16,22,25-27H,2-3,6-7H2,1H3. The first-order valence-corrected chi connectivity index (χ1v) is 12.0. The number of nitrogens with one attached hydrogen (secondary N) is 1. The van der Waals surface area contributed by atoms with E-state index in [1.165, 1.54) is 24.3 Å². The molecule has 3 N–H and O–H groups in total. The zero-order valence-corrected chi connectivity index (χ0v) is 18.4. The summed E-state index contributed by atoms with van der Waals surface area (Å²) in [5.41, 5.74) is 0.952. The molecule has 0 unspecified atom stereocenters. The predicted octanol–water partition coefficient (Wildman–Crippen LogP) is 4.05. The molecule has 0 spiro atoms. The van der Waals surface area contributed by atoms with E-state index >= 15 is 0 Å². The van der Waals surface area contributed by atoms with Gasteiger partial charge in [0.1, 0.15) is 11.8 Å². The monoisotopic (exact) mass is 462 g/mol. The van der Waals surface area contributed by atoms with Crippen molar-refractivity contribution in [2.75, 3.05) is 4.72 Å². The van der Waals surface area contributed by atoms with Gasteiger partial charge in [-0.15, -0.1) is 0 Å². The Morgan fingerprint density at radius 1 is 1.23 bits per heavy atom. The third-order valence-corrected chi connectivity index (χ3v) is 7.43. The smallest absolute Gasteiger partial charge is 0.262 e. The fourth-order valence-corrected chi connectivity index (χ4v) is 5.39. The minimum Gasteiger partial charge on any atom is -0.488 e. The van der Waals surface area contributed by atoms with Crippen LogP contribution in [0.25, 0.3) is 0 Å². The van der Waals surface area contributed by atoms with Crippen LogP contribution in [-0.2, 0) is 10.0 Å². The highest BCUT2D eigenvalue weighted by Gasteiger charge is 2.32. The number of benzene rings is 2. The van der Waals surface area contributed by atoms with Crippen molar-refractivity contribution in [1.29, 1.82) is 5.26 Å². The summed E-state index contributed by atoms with van der Waals surface area (Å²) in [6, 6.07) is 9.18. The van der Waals surface area contributed by atoms with Gasteiger partial charge in [-0.05, 0) is 55.2 Å². The van der Waals surface area contributed by atoms with Crippen LogP contribution < -0.4 is 9.46 Å². The number of rotatable bonds is 7. The largest absolute Gasteiger partial charge is 0.488 e. The summed E-state index contributed by atoms with van der Waals surface area (Å²) < 4.78 is 35.2. The SMILES string of the molecule is CC1CC(Oc2cc(Cl)c(C#N)cc2NS(=O)(=O)c2cc(C(O)O)ccc2C2CC2)C1. The summed E-state index contributed by atoms with van der Waals surface area (Å²) >= 11 is 6.16. The number of hydrogen-bond donors (Lipinski definition) is 3. The Kier molecular flexibility index (Phi) is 5.88. The Labute approximate surface area is 186 Å². The first-order valence-electron chi connectivity index (χ1n) is 10.1. The lowest BCUT2D eigenvalue weighted by Crippen LogP contribution is -2.32. The molecule has 0 aromatic heterocycles. The average Bonchev–Trinajstić information content (AvgIpc) is 3.53. The number of hydrogen-bond acceptors (Lipinski definition) is 6. The van der Waals surface area contributed by atoms with Crippen LogP contribution in [0, 0.1) is 17.2 Å². The zero-order valence-electron chi connectivity index (χ0n) is 16.9. The molecule has 7 nitrogen and oxygen atoms in total. The Balaban J connectivity index is 1.72. The van der Waals surface area contributed by atoms with Crippen LogP contribution >= 0.6 is 11.6 Å². The maximum Gasteiger partial charge on any atom is 0.262 e. The van der Waals surface area contributed by atoms with Gasteiger partial charge < -0.3 is 14.9 Å². The molecule has 31 heavy (non-hydrogen) atoms. The molecular weight excluding hydrogens is 440 g/mol. The van der Waals surface area contributed by atoms with E-state index in [1.54, 1.807) is 6.07 Å². The van der Waals surface area contributed by atoms with Gasteiger partial charge in [-0.2, -0.15) is 5.26 Å². The molecule has 0 amide bonds. The first kappa shape index (κ1) is 21.9. The molecule has 2 fully saturated rings. The first-order chi connectivity index (χ1) is 14.7. The fraction of sp³-hybridized carbons (Fsp3) is 0.409. The van der Waals surface area contributed by atoms with Crippen molar-refractivity contribution in [3.05, 3.63) is 52.0 Å². The van der Waals surface area contributed by atoms with Gasteiger partial charge in [0.2, 0.25) is 0 Å². The van der Waals surface area contributed by atoms with Crippen LogP contribution in [0.3, 0.4) is 0 Å². The topological polar surface area (TPSA) is 120 Å². The molecule has 0 radical (unpaired) electrons. The van der Waals surface area contributed by atoms with Gasteiger partial charge in [0, 0.05) is 11.6 Å². The Hall–Kier alpha value is -2.31. The van der Waals surface area contributed by atoms with Gasteiger partial charge in [0.15, 0.2) is 6.29 Å². The van der Waals surface area contributed by atoms with E-state index in [9.17, 15) is 23.9 Å². The van der Waals surface area contributed by atoms with E-state index < -0.39 is 16.3 Å². The zero-order chi connectivity index (χ0) is 22.3. The van der Waals surface area contributed by atoms with Crippen molar-refractivity contribution in [3.63, 3.8) is 0 Å². The second kappa shape index (κ2) is 8.32. The van der Waals surface area contributed by atoms with Crippen LogP contribution in [0.4, 0.5) is 5.69 Å². The number of nitriles is 1. The Bertz CT molecular complexity index is 1150. The van der Waals surface area contributed by atoms with Gasteiger partial charge in [-0.3, -0.25) is 4.72 Å². The summed E-state index contributed by atoms with van der Waals surface area (Å²) in [6.45, 7) is 2.11. The minimum absolute atomic E-state index is 0.0164. The number of aliphatic hydroxyl groups excluding tert-OH is 1. The number of anilines is 1. The second-order valence-electron chi connectivity index (χ2n) is 8.31. The summed E-state index contributed by atoms with van der Waals surface area (Å²) in [5, 5.41) is 28.5. The summed E-state index contributed by atoms with van der Waals surface area (Å²) in [6.07, 6.45) is 1.62. The van der Waals surface area contributed by atoms with E-state index in [4.69, 9.17) is 16.3 Å². The lowest BCUT2D eigenvalue weighted by atomic mass is 9.84. The summed E-state index contributed by atoms with van der Waals surface area (Å²) in [7, 11) is -4.11. The van der Waals surface area contributed by atoms with Crippen molar-refractivity contribution in [2.24, 2.45) is 5.92 Å². The van der Waals surface area contributed by atoms with Crippen LogP contribution in [0.5, 0.6) is 5.75 Å². The fourth-order valence-electron chi connectivity index (χ4n) is 3.80. The average molecular weight is 463 g/mol. The van der Waals surface area contributed by atoms with Crippen LogP contribution in [0.15, 0.2) is 35.2 Å². The molecule has 0 atom stereocenters. The number of sulfonamides is 1. The third-order valence-electron chi connectivity index (χ3n) is 5.70. The molecule has 2 aromatic rings. The summed E-state index contributed by atoms with van der Waals surface area (Å²) in [4.78, 5) is -0.0164. The van der Waals surface area contributed by atoms with Crippen LogP contribution in [-0.4, -0.2) is 24.7 Å². The third kappa shape index (κ3) is 4.65. The van der Waals surface area contributed by atoms with Gasteiger partial charge in [-0.1, -0.05) is 30.7 Å². The van der Waals surface area contributed by atoms with Gasteiger partial charge in [0.25, 0.3) is 10.0 Å². The van der Waals surface area contributed by atoms with Crippen LogP contribution in [0.2, 0.25) is 5.02 Å². The highest BCUT2D eigenvalue weighted by molar-refractivity contribution is 7.92. The summed E-state index contributed by atoms with van der Waals surface area (Å²) in [5.74, 6) is 0.909. The molecule has 0 bridgehead atoms. The molecule has 9 heteroatoms. The highest BCUT2D eigenvalue weighted by atomic mass is 35.5. The van der Waals surface area contributed by atoms with E-state index in [1.807, 2.05) is 6.07 Å². The van der Waals surface area contributed by atoms with Crippen molar-refractivity contribution in [1.82, 2.24) is 0 Å². The van der Waals surface area contributed by atoms with E-state index in [2.05, 4.69) is 11.6 Å². The van der Waals surface area contributed by atoms with Gasteiger partial charge in [0.05, 0.1) is 27.3 Å². The number of aliphatic hydroxyl groups is 2. The molecule has 0 heterocycles. The molecule has 2 aliphatic carbocycles. The van der Waals surface area contributed by atoms with Crippen molar-refractivity contribution in [3.8, 4) is 11.8 Å². The quantitative estimate of drug-likeness (QED) is 0.534. The van der Waals surface area contributed by atoms with Crippen LogP contribution in [0.1, 0.15) is 61.5 Å². The Morgan fingerprint density at radius 2 is 1.94 bits per heavy atom. The number of nitrogens with zero attached hydrogens (tertiary/aromatic N) is 1. The molecule has 4 rings (SSSR count). The van der Waals surface area contributed by atoms with E-state index in [-0.39, 0.29) is 44.5 Å². The van der Waals surface area contributed by atoms with Crippen molar-refractivity contribution < 1.29 is 23.4 Å².